The number of hydrogen-bond acceptors (Lipinski definition) is 3. The lowest BCUT2D eigenvalue weighted by Crippen LogP contribution is -2.15. The van der Waals surface area contributed by atoms with Gasteiger partial charge in [-0.05, 0) is 6.07 Å². The number of benzene rings is 1. The van der Waals surface area contributed by atoms with Gasteiger partial charge in [0.05, 0.1) is 5.69 Å². The SMILES string of the molecule is CN(c1cc(Cl)ncn1)c1cccc(P)c1F. The third kappa shape index (κ3) is 2.54. The molecule has 0 amide bonds. The largest absolute Gasteiger partial charge is 0.327 e. The summed E-state index contributed by atoms with van der Waals surface area (Å²) in [6, 6.07) is 6.72. The Labute approximate surface area is 106 Å². The lowest BCUT2D eigenvalue weighted by Gasteiger charge is -2.19. The summed E-state index contributed by atoms with van der Waals surface area (Å²) < 4.78 is 13.9. The van der Waals surface area contributed by atoms with E-state index in [0.717, 1.165) is 0 Å². The van der Waals surface area contributed by atoms with E-state index in [1.54, 1.807) is 36.2 Å². The first-order valence-corrected chi connectivity index (χ1v) is 5.80. The summed E-state index contributed by atoms with van der Waals surface area (Å²) in [7, 11) is 4.08. The molecular weight excluding hydrogens is 260 g/mol. The minimum absolute atomic E-state index is 0.297. The Kier molecular flexibility index (Phi) is 3.55. The van der Waals surface area contributed by atoms with Crippen molar-refractivity contribution in [3.8, 4) is 0 Å². The van der Waals surface area contributed by atoms with Crippen LogP contribution in [0.4, 0.5) is 15.9 Å². The molecule has 1 heterocycles. The first-order valence-electron chi connectivity index (χ1n) is 4.85. The number of aromatic nitrogens is 2. The molecule has 2 aromatic rings. The van der Waals surface area contributed by atoms with Gasteiger partial charge in [-0.3, -0.25) is 0 Å². The second kappa shape index (κ2) is 4.94. The first kappa shape index (κ1) is 12.2. The average molecular weight is 270 g/mol. The maximum atomic E-state index is 13.9. The summed E-state index contributed by atoms with van der Waals surface area (Å²) in [5.41, 5.74) is 0.437. The fraction of sp³-hybridized carbons (Fsp3) is 0.0909. The molecule has 0 N–H and O–H groups in total. The Bertz CT molecular complexity index is 550. The molecule has 1 aromatic carbocycles. The fourth-order valence-electron chi connectivity index (χ4n) is 1.43. The van der Waals surface area contributed by atoms with Crippen LogP contribution in [0, 0.1) is 5.82 Å². The third-order valence-corrected chi connectivity index (χ3v) is 2.99. The van der Waals surface area contributed by atoms with Crippen molar-refractivity contribution >= 4 is 37.7 Å². The molecule has 6 heteroatoms. The molecule has 88 valence electrons. The maximum Gasteiger partial charge on any atom is 0.153 e. The van der Waals surface area contributed by atoms with Gasteiger partial charge in [-0.1, -0.05) is 23.7 Å². The van der Waals surface area contributed by atoms with E-state index in [1.807, 2.05) is 0 Å². The van der Waals surface area contributed by atoms with Crippen LogP contribution in [0.25, 0.3) is 0 Å². The van der Waals surface area contributed by atoms with Crippen LogP contribution in [0.3, 0.4) is 0 Å². The minimum Gasteiger partial charge on any atom is -0.327 e. The lowest BCUT2D eigenvalue weighted by atomic mass is 10.3. The van der Waals surface area contributed by atoms with Crippen molar-refractivity contribution in [3.63, 3.8) is 0 Å². The van der Waals surface area contributed by atoms with Gasteiger partial charge in [0.1, 0.15) is 17.3 Å². The Hall–Kier alpha value is -1.25. The summed E-state index contributed by atoms with van der Waals surface area (Å²) in [6.45, 7) is 0. The lowest BCUT2D eigenvalue weighted by molar-refractivity contribution is 0.636. The molecule has 0 radical (unpaired) electrons. The van der Waals surface area contributed by atoms with Crippen molar-refractivity contribution < 1.29 is 4.39 Å². The number of rotatable bonds is 2. The standard InChI is InChI=1S/C11H10ClFN3P/c1-16(10-5-9(12)14-6-15-10)7-3-2-4-8(17)11(7)13/h2-6H,17H2,1H3. The van der Waals surface area contributed by atoms with Crippen LogP contribution in [-0.2, 0) is 0 Å². The first-order chi connectivity index (χ1) is 8.09. The highest BCUT2D eigenvalue weighted by Crippen LogP contribution is 2.25. The molecular formula is C11H10ClFN3P. The number of hydrogen-bond donors (Lipinski definition) is 0. The van der Waals surface area contributed by atoms with Gasteiger partial charge < -0.3 is 4.90 Å². The van der Waals surface area contributed by atoms with Crippen LogP contribution in [-0.4, -0.2) is 17.0 Å². The Morgan fingerprint density at radius 3 is 2.82 bits per heavy atom. The van der Waals surface area contributed by atoms with Gasteiger partial charge in [0.2, 0.25) is 0 Å². The van der Waals surface area contributed by atoms with Crippen LogP contribution >= 0.6 is 20.8 Å². The molecule has 0 aliphatic heterocycles. The molecule has 0 fully saturated rings. The minimum atomic E-state index is -0.297. The Morgan fingerprint density at radius 1 is 1.35 bits per heavy atom. The van der Waals surface area contributed by atoms with Crippen molar-refractivity contribution in [2.45, 2.75) is 0 Å². The number of nitrogens with zero attached hydrogens (tertiary/aromatic N) is 3. The zero-order chi connectivity index (χ0) is 12.4. The normalized spacial score (nSPS) is 10.4. The number of halogens is 2. The molecule has 0 aliphatic rings. The quantitative estimate of drug-likeness (QED) is 0.620. The molecule has 0 saturated heterocycles. The Balaban J connectivity index is 2.44. The second-order valence-corrected chi connectivity index (χ2v) is 4.45. The average Bonchev–Trinajstić information content (AvgIpc) is 2.32. The molecule has 1 atom stereocenters. The smallest absolute Gasteiger partial charge is 0.153 e. The molecule has 0 saturated carbocycles. The van der Waals surface area contributed by atoms with Crippen molar-refractivity contribution in [1.82, 2.24) is 9.97 Å². The van der Waals surface area contributed by atoms with Gasteiger partial charge in [-0.15, -0.1) is 9.24 Å². The van der Waals surface area contributed by atoms with Crippen molar-refractivity contribution in [1.29, 1.82) is 0 Å². The van der Waals surface area contributed by atoms with Crippen molar-refractivity contribution in [2.24, 2.45) is 0 Å². The van der Waals surface area contributed by atoms with E-state index in [-0.39, 0.29) is 5.82 Å². The summed E-state index contributed by atoms with van der Waals surface area (Å²) >= 11 is 5.77. The molecule has 1 aromatic heterocycles. The van der Waals surface area contributed by atoms with Crippen LogP contribution in [0.5, 0.6) is 0 Å². The zero-order valence-electron chi connectivity index (χ0n) is 9.06. The predicted molar refractivity (Wildman–Crippen MR) is 70.8 cm³/mol. The molecule has 0 aliphatic carbocycles. The summed E-state index contributed by atoms with van der Waals surface area (Å²) in [4.78, 5) is 9.45. The molecule has 3 nitrogen and oxygen atoms in total. The second-order valence-electron chi connectivity index (χ2n) is 3.44. The van der Waals surface area contributed by atoms with E-state index in [0.29, 0.717) is 22.0 Å². The summed E-state index contributed by atoms with van der Waals surface area (Å²) in [5, 5.41) is 0.832. The Morgan fingerprint density at radius 2 is 2.12 bits per heavy atom. The van der Waals surface area contributed by atoms with E-state index in [4.69, 9.17) is 11.6 Å². The van der Waals surface area contributed by atoms with E-state index in [9.17, 15) is 4.39 Å². The van der Waals surface area contributed by atoms with E-state index >= 15 is 0 Å². The number of anilines is 2. The fourth-order valence-corrected chi connectivity index (χ4v) is 1.83. The monoisotopic (exact) mass is 269 g/mol. The summed E-state index contributed by atoms with van der Waals surface area (Å²) in [5.74, 6) is 0.245. The van der Waals surface area contributed by atoms with Crippen LogP contribution in [0.1, 0.15) is 0 Å². The van der Waals surface area contributed by atoms with E-state index < -0.39 is 0 Å². The molecule has 0 bridgehead atoms. The summed E-state index contributed by atoms with van der Waals surface area (Å²) in [6.07, 6.45) is 1.34. The van der Waals surface area contributed by atoms with Gasteiger partial charge in [0, 0.05) is 18.4 Å². The van der Waals surface area contributed by atoms with Crippen LogP contribution in [0.15, 0.2) is 30.6 Å². The molecule has 1 unspecified atom stereocenters. The topological polar surface area (TPSA) is 29.0 Å². The van der Waals surface area contributed by atoms with E-state index in [1.165, 1.54) is 6.33 Å². The van der Waals surface area contributed by atoms with Gasteiger partial charge in [-0.2, -0.15) is 0 Å². The van der Waals surface area contributed by atoms with Gasteiger partial charge >= 0.3 is 0 Å². The third-order valence-electron chi connectivity index (χ3n) is 2.33. The highest BCUT2D eigenvalue weighted by Gasteiger charge is 2.12. The van der Waals surface area contributed by atoms with Gasteiger partial charge in [0.25, 0.3) is 0 Å². The van der Waals surface area contributed by atoms with Gasteiger partial charge in [0.15, 0.2) is 5.82 Å². The maximum absolute atomic E-state index is 13.9. The highest BCUT2D eigenvalue weighted by atomic mass is 35.5. The van der Waals surface area contributed by atoms with Crippen LogP contribution in [0.2, 0.25) is 5.15 Å². The molecule has 17 heavy (non-hydrogen) atoms. The molecule has 0 spiro atoms. The zero-order valence-corrected chi connectivity index (χ0v) is 11.0. The van der Waals surface area contributed by atoms with Crippen LogP contribution < -0.4 is 10.2 Å². The van der Waals surface area contributed by atoms with Crippen molar-refractivity contribution in [2.75, 3.05) is 11.9 Å². The molecule has 2 rings (SSSR count). The van der Waals surface area contributed by atoms with E-state index in [2.05, 4.69) is 19.2 Å². The predicted octanol–water partition coefficient (Wildman–Crippen LogP) is 2.54. The highest BCUT2D eigenvalue weighted by molar-refractivity contribution is 7.27. The van der Waals surface area contributed by atoms with Gasteiger partial charge in [-0.25, -0.2) is 14.4 Å². The van der Waals surface area contributed by atoms with Crippen molar-refractivity contribution in [3.05, 3.63) is 41.6 Å².